The second kappa shape index (κ2) is 9.36. The van der Waals surface area contributed by atoms with Crippen LogP contribution in [-0.2, 0) is 15.1 Å². The number of nitrogens with zero attached hydrogens (tertiary/aromatic N) is 1. The van der Waals surface area contributed by atoms with E-state index in [2.05, 4.69) is 34.5 Å². The Morgan fingerprint density at radius 3 is 2.39 bits per heavy atom. The summed E-state index contributed by atoms with van der Waals surface area (Å²) in [4.78, 5) is 25.6. The summed E-state index contributed by atoms with van der Waals surface area (Å²) in [5.41, 5.74) is 1.23. The molecule has 2 aliphatic rings. The van der Waals surface area contributed by atoms with Crippen LogP contribution in [-0.4, -0.2) is 72.1 Å². The van der Waals surface area contributed by atoms with Gasteiger partial charge in [0.15, 0.2) is 0 Å². The van der Waals surface area contributed by atoms with Crippen molar-refractivity contribution in [3.8, 4) is 0 Å². The Morgan fingerprint density at radius 1 is 1.18 bits per heavy atom. The minimum absolute atomic E-state index is 0.0324. The quantitative estimate of drug-likeness (QED) is 0.573. The van der Waals surface area contributed by atoms with E-state index in [0.717, 1.165) is 52.0 Å². The third-order valence-corrected chi connectivity index (χ3v) is 5.88. The van der Waals surface area contributed by atoms with E-state index >= 15 is 0 Å². The van der Waals surface area contributed by atoms with Gasteiger partial charge in [-0.25, -0.2) is 4.79 Å². The molecular formula is C20H29N3O5. The number of carbonyl (C=O) groups is 2. The molecule has 1 aromatic carbocycles. The van der Waals surface area contributed by atoms with Gasteiger partial charge in [-0.15, -0.1) is 0 Å². The summed E-state index contributed by atoms with van der Waals surface area (Å²) in [5.74, 6) is -0.478. The minimum Gasteiger partial charge on any atom is -0.465 e. The van der Waals surface area contributed by atoms with E-state index < -0.39 is 24.6 Å². The Morgan fingerprint density at radius 2 is 1.82 bits per heavy atom. The Bertz CT molecular complexity index is 655. The van der Waals surface area contributed by atoms with Crippen LogP contribution in [0, 0.1) is 0 Å². The van der Waals surface area contributed by atoms with Crippen LogP contribution in [0.2, 0.25) is 0 Å². The number of amides is 2. The normalized spacial score (nSPS) is 27.0. The molecule has 4 N–H and O–H groups in total. The van der Waals surface area contributed by atoms with Gasteiger partial charge < -0.3 is 25.6 Å². The van der Waals surface area contributed by atoms with Crippen molar-refractivity contribution >= 4 is 12.0 Å². The molecule has 1 aliphatic carbocycles. The largest absolute Gasteiger partial charge is 0.465 e. The number of nitrogens with one attached hydrogen (secondary N) is 2. The summed E-state index contributed by atoms with van der Waals surface area (Å²) in [6.07, 6.45) is 2.07. The van der Waals surface area contributed by atoms with Crippen LogP contribution in [0.5, 0.6) is 0 Å². The highest BCUT2D eigenvalue weighted by Gasteiger charge is 2.42. The van der Waals surface area contributed by atoms with Crippen molar-refractivity contribution in [1.29, 1.82) is 0 Å². The molecule has 2 fully saturated rings. The lowest BCUT2D eigenvalue weighted by molar-refractivity contribution is -0.125. The molecule has 8 heteroatoms. The van der Waals surface area contributed by atoms with Gasteiger partial charge in [0, 0.05) is 24.7 Å². The van der Waals surface area contributed by atoms with Crippen LogP contribution in [0.25, 0.3) is 0 Å². The first-order valence-corrected chi connectivity index (χ1v) is 9.84. The maximum absolute atomic E-state index is 12.3. The van der Waals surface area contributed by atoms with Crippen molar-refractivity contribution in [1.82, 2.24) is 15.5 Å². The lowest BCUT2D eigenvalue weighted by Gasteiger charge is -2.50. The van der Waals surface area contributed by atoms with E-state index in [4.69, 9.17) is 9.84 Å². The average molecular weight is 391 g/mol. The van der Waals surface area contributed by atoms with Gasteiger partial charge >= 0.3 is 6.09 Å². The number of hydrogen-bond acceptors (Lipinski definition) is 5. The van der Waals surface area contributed by atoms with Gasteiger partial charge in [0.05, 0.1) is 19.8 Å². The summed E-state index contributed by atoms with van der Waals surface area (Å²) in [6, 6.07) is 9.32. The van der Waals surface area contributed by atoms with Crippen molar-refractivity contribution in [2.24, 2.45) is 0 Å². The van der Waals surface area contributed by atoms with Gasteiger partial charge in [-0.3, -0.25) is 9.69 Å². The SMILES string of the molecule is O=C(O)NC(CO)C(=O)NC1CCC(c2ccccc2)(N2CCOCC2)CC1. The summed E-state index contributed by atoms with van der Waals surface area (Å²) in [7, 11) is 0. The van der Waals surface area contributed by atoms with Crippen molar-refractivity contribution < 1.29 is 24.5 Å². The predicted octanol–water partition coefficient (Wildman–Crippen LogP) is 0.901. The number of hydrogen-bond donors (Lipinski definition) is 4. The number of morpholine rings is 1. The van der Waals surface area contributed by atoms with Gasteiger partial charge in [-0.1, -0.05) is 30.3 Å². The molecule has 0 radical (unpaired) electrons. The number of carbonyl (C=O) groups excluding carboxylic acids is 1. The molecule has 28 heavy (non-hydrogen) atoms. The van der Waals surface area contributed by atoms with Crippen LogP contribution in [0.1, 0.15) is 31.2 Å². The topological polar surface area (TPSA) is 111 Å². The maximum Gasteiger partial charge on any atom is 0.405 e. The minimum atomic E-state index is -1.33. The molecule has 2 amide bonds. The Labute approximate surface area is 164 Å². The zero-order chi connectivity index (χ0) is 20.0. The standard InChI is InChI=1S/C20H29N3O5/c24-14-17(22-19(26)27)18(25)21-16-6-8-20(9-7-16,15-4-2-1-3-5-15)23-10-12-28-13-11-23/h1-5,16-17,22,24H,6-14H2,(H,21,25)(H,26,27). The first-order chi connectivity index (χ1) is 13.5. The highest BCUT2D eigenvalue weighted by atomic mass is 16.5. The van der Waals surface area contributed by atoms with Crippen LogP contribution in [0.4, 0.5) is 4.79 Å². The molecule has 1 unspecified atom stereocenters. The Balaban J connectivity index is 1.67. The average Bonchev–Trinajstić information content (AvgIpc) is 2.73. The van der Waals surface area contributed by atoms with E-state index in [1.807, 2.05) is 11.4 Å². The van der Waals surface area contributed by atoms with E-state index in [-0.39, 0.29) is 11.6 Å². The predicted molar refractivity (Wildman–Crippen MR) is 103 cm³/mol. The van der Waals surface area contributed by atoms with E-state index in [9.17, 15) is 14.7 Å². The second-order valence-corrected chi connectivity index (χ2v) is 7.46. The fourth-order valence-electron chi connectivity index (χ4n) is 4.41. The summed E-state index contributed by atoms with van der Waals surface area (Å²) >= 11 is 0. The molecule has 154 valence electrons. The fraction of sp³-hybridized carbons (Fsp3) is 0.600. The number of benzene rings is 1. The number of rotatable bonds is 6. The number of aliphatic hydroxyl groups is 1. The lowest BCUT2D eigenvalue weighted by Crippen LogP contribution is -2.56. The molecule has 0 spiro atoms. The Hall–Kier alpha value is -2.16. The first-order valence-electron chi connectivity index (χ1n) is 9.84. The van der Waals surface area contributed by atoms with Crippen molar-refractivity contribution in [2.45, 2.75) is 43.3 Å². The highest BCUT2D eigenvalue weighted by Crippen LogP contribution is 2.42. The molecular weight excluding hydrogens is 362 g/mol. The summed E-state index contributed by atoms with van der Waals surface area (Å²) in [6.45, 7) is 2.68. The van der Waals surface area contributed by atoms with Gasteiger partial charge in [0.1, 0.15) is 6.04 Å². The molecule has 1 atom stereocenters. The highest BCUT2D eigenvalue weighted by molar-refractivity contribution is 5.85. The van der Waals surface area contributed by atoms with Gasteiger partial charge in [-0.2, -0.15) is 0 Å². The van der Waals surface area contributed by atoms with Crippen molar-refractivity contribution in [3.63, 3.8) is 0 Å². The smallest absolute Gasteiger partial charge is 0.405 e. The molecule has 3 rings (SSSR count). The zero-order valence-corrected chi connectivity index (χ0v) is 16.0. The van der Waals surface area contributed by atoms with Gasteiger partial charge in [0.25, 0.3) is 0 Å². The molecule has 8 nitrogen and oxygen atoms in total. The molecule has 0 aromatic heterocycles. The number of ether oxygens (including phenoxy) is 1. The summed E-state index contributed by atoms with van der Waals surface area (Å²) < 4.78 is 5.54. The fourth-order valence-corrected chi connectivity index (χ4v) is 4.41. The molecule has 0 bridgehead atoms. The second-order valence-electron chi connectivity index (χ2n) is 7.46. The van der Waals surface area contributed by atoms with Crippen LogP contribution < -0.4 is 10.6 Å². The third-order valence-electron chi connectivity index (χ3n) is 5.88. The third kappa shape index (κ3) is 4.63. The Kier molecular flexibility index (Phi) is 6.88. The summed E-state index contributed by atoms with van der Waals surface area (Å²) in [5, 5.41) is 23.0. The molecule has 1 saturated heterocycles. The monoisotopic (exact) mass is 391 g/mol. The van der Waals surface area contributed by atoms with Crippen molar-refractivity contribution in [3.05, 3.63) is 35.9 Å². The number of carboxylic acid groups (broad SMARTS) is 1. The molecule has 1 aliphatic heterocycles. The lowest BCUT2D eigenvalue weighted by atomic mass is 9.73. The maximum atomic E-state index is 12.3. The van der Waals surface area contributed by atoms with Crippen LogP contribution >= 0.6 is 0 Å². The van der Waals surface area contributed by atoms with Crippen LogP contribution in [0.15, 0.2) is 30.3 Å². The molecule has 1 heterocycles. The van der Waals surface area contributed by atoms with E-state index in [1.54, 1.807) is 0 Å². The molecule has 1 aromatic rings. The zero-order valence-electron chi connectivity index (χ0n) is 16.0. The first kappa shape index (κ1) is 20.6. The molecule has 1 saturated carbocycles. The van der Waals surface area contributed by atoms with E-state index in [1.165, 1.54) is 5.56 Å². The number of aliphatic hydroxyl groups excluding tert-OH is 1. The van der Waals surface area contributed by atoms with Gasteiger partial charge in [-0.05, 0) is 31.2 Å². The van der Waals surface area contributed by atoms with Crippen molar-refractivity contribution in [2.75, 3.05) is 32.9 Å². The van der Waals surface area contributed by atoms with Gasteiger partial charge in [0.2, 0.25) is 5.91 Å². The van der Waals surface area contributed by atoms with Crippen LogP contribution in [0.3, 0.4) is 0 Å². The van der Waals surface area contributed by atoms with E-state index in [0.29, 0.717) is 0 Å².